The molecule has 3 rings (SSSR count). The van der Waals surface area contributed by atoms with E-state index in [-0.39, 0.29) is 0 Å². The Morgan fingerprint density at radius 1 is 1.22 bits per heavy atom. The summed E-state index contributed by atoms with van der Waals surface area (Å²) in [5.41, 5.74) is 3.75. The van der Waals surface area contributed by atoms with E-state index in [2.05, 4.69) is 34.6 Å². The lowest BCUT2D eigenvalue weighted by molar-refractivity contribution is 0.0788. The van der Waals surface area contributed by atoms with Gasteiger partial charge < -0.3 is 14.4 Å². The highest BCUT2D eigenvalue weighted by molar-refractivity contribution is 7.09. The third-order valence-electron chi connectivity index (χ3n) is 4.18. The maximum atomic E-state index is 10.8. The standard InChI is InChI=1S/C19H26N4O2SSi/c1-27(2,3)9-8-25-14-23-12-16(10-15-4-6-20-7-5-15)22-19(23)18(24)17-11-21-13-26-17/h4-7,11-13,18,24H,8-10,14H2,1-3H3. The van der Waals surface area contributed by atoms with Crippen LogP contribution in [0.1, 0.15) is 28.1 Å². The number of hydrogen-bond donors (Lipinski definition) is 1. The minimum absolute atomic E-state index is 0.388. The maximum Gasteiger partial charge on any atom is 0.147 e. The summed E-state index contributed by atoms with van der Waals surface area (Å²) in [5.74, 6) is 0.594. The molecule has 0 radical (unpaired) electrons. The fourth-order valence-corrected chi connectivity index (χ4v) is 3.99. The molecule has 0 saturated heterocycles. The van der Waals surface area contributed by atoms with E-state index in [1.54, 1.807) is 24.1 Å². The molecule has 0 aliphatic carbocycles. The highest BCUT2D eigenvalue weighted by Gasteiger charge is 2.20. The van der Waals surface area contributed by atoms with E-state index in [4.69, 9.17) is 4.74 Å². The topological polar surface area (TPSA) is 73.1 Å². The van der Waals surface area contributed by atoms with Crippen molar-refractivity contribution in [2.24, 2.45) is 0 Å². The zero-order valence-electron chi connectivity index (χ0n) is 16.0. The molecule has 0 aliphatic heterocycles. The average Bonchev–Trinajstić information content (AvgIpc) is 3.28. The quantitative estimate of drug-likeness (QED) is 0.436. The zero-order valence-corrected chi connectivity index (χ0v) is 17.8. The van der Waals surface area contributed by atoms with Crippen LogP contribution in [0.5, 0.6) is 0 Å². The number of thiazole rings is 1. The van der Waals surface area contributed by atoms with E-state index in [1.807, 2.05) is 22.9 Å². The van der Waals surface area contributed by atoms with Gasteiger partial charge in [0.25, 0.3) is 0 Å². The summed E-state index contributed by atoms with van der Waals surface area (Å²) < 4.78 is 7.80. The lowest BCUT2D eigenvalue weighted by Gasteiger charge is -2.16. The fraction of sp³-hybridized carbons (Fsp3) is 0.421. The molecular formula is C19H26N4O2SSi. The van der Waals surface area contributed by atoms with Gasteiger partial charge in [-0.1, -0.05) is 19.6 Å². The van der Waals surface area contributed by atoms with Crippen LogP contribution >= 0.6 is 11.3 Å². The Morgan fingerprint density at radius 3 is 2.67 bits per heavy atom. The first kappa shape index (κ1) is 19.9. The summed E-state index contributed by atoms with van der Waals surface area (Å²) in [4.78, 5) is 13.6. The minimum Gasteiger partial charge on any atom is -0.379 e. The molecule has 8 heteroatoms. The van der Waals surface area contributed by atoms with E-state index >= 15 is 0 Å². The van der Waals surface area contributed by atoms with Crippen LogP contribution in [-0.4, -0.2) is 39.3 Å². The van der Waals surface area contributed by atoms with Gasteiger partial charge in [0.1, 0.15) is 18.7 Å². The number of hydrogen-bond acceptors (Lipinski definition) is 6. The molecule has 1 atom stereocenters. The summed E-state index contributed by atoms with van der Waals surface area (Å²) in [7, 11) is -1.13. The van der Waals surface area contributed by atoms with Crippen molar-refractivity contribution in [1.82, 2.24) is 19.5 Å². The van der Waals surface area contributed by atoms with Crippen molar-refractivity contribution in [2.45, 2.75) is 44.9 Å². The number of rotatable bonds is 9. The summed E-state index contributed by atoms with van der Waals surface area (Å²) in [6.07, 6.45) is 7.09. The van der Waals surface area contributed by atoms with Gasteiger partial charge in [-0.2, -0.15) is 0 Å². The van der Waals surface area contributed by atoms with Gasteiger partial charge in [0.2, 0.25) is 0 Å². The number of aromatic nitrogens is 4. The number of aliphatic hydroxyl groups excluding tert-OH is 1. The lowest BCUT2D eigenvalue weighted by atomic mass is 10.1. The first-order valence-electron chi connectivity index (χ1n) is 9.01. The highest BCUT2D eigenvalue weighted by atomic mass is 32.1. The van der Waals surface area contributed by atoms with Crippen molar-refractivity contribution in [2.75, 3.05) is 6.61 Å². The van der Waals surface area contributed by atoms with Crippen molar-refractivity contribution in [1.29, 1.82) is 0 Å². The zero-order chi connectivity index (χ0) is 19.3. The molecule has 0 amide bonds. The smallest absolute Gasteiger partial charge is 0.147 e. The summed E-state index contributed by atoms with van der Waals surface area (Å²) >= 11 is 1.42. The maximum absolute atomic E-state index is 10.8. The minimum atomic E-state index is -1.13. The van der Waals surface area contributed by atoms with Crippen molar-refractivity contribution < 1.29 is 9.84 Å². The Hall–Kier alpha value is -1.87. The second kappa shape index (κ2) is 8.88. The molecule has 0 aliphatic rings. The van der Waals surface area contributed by atoms with Crippen LogP contribution in [0.4, 0.5) is 0 Å². The molecule has 3 aromatic heterocycles. The van der Waals surface area contributed by atoms with Gasteiger partial charge in [-0.05, 0) is 23.7 Å². The second-order valence-corrected chi connectivity index (χ2v) is 14.3. The van der Waals surface area contributed by atoms with Crippen LogP contribution in [0.15, 0.2) is 42.4 Å². The molecule has 6 nitrogen and oxygen atoms in total. The van der Waals surface area contributed by atoms with E-state index in [1.165, 1.54) is 11.3 Å². The van der Waals surface area contributed by atoms with E-state index < -0.39 is 14.2 Å². The van der Waals surface area contributed by atoms with Gasteiger partial charge in [0, 0.05) is 45.9 Å². The van der Waals surface area contributed by atoms with Crippen molar-refractivity contribution in [3.8, 4) is 0 Å². The molecule has 27 heavy (non-hydrogen) atoms. The SMILES string of the molecule is C[Si](C)(C)CCOCn1cc(Cc2ccncc2)nc1C(O)c1cncs1. The van der Waals surface area contributed by atoms with Crippen molar-refractivity contribution in [3.63, 3.8) is 0 Å². The molecular weight excluding hydrogens is 376 g/mol. The lowest BCUT2D eigenvalue weighted by Crippen LogP contribution is -2.22. The highest BCUT2D eigenvalue weighted by Crippen LogP contribution is 2.25. The first-order chi connectivity index (χ1) is 12.9. The van der Waals surface area contributed by atoms with Gasteiger partial charge in [-0.15, -0.1) is 11.3 Å². The third kappa shape index (κ3) is 5.80. The van der Waals surface area contributed by atoms with Gasteiger partial charge in [-0.25, -0.2) is 4.98 Å². The first-order valence-corrected chi connectivity index (χ1v) is 13.6. The second-order valence-electron chi connectivity index (χ2n) is 7.75. The Balaban J connectivity index is 1.76. The normalized spacial score (nSPS) is 13.0. The molecule has 1 N–H and O–H groups in total. The van der Waals surface area contributed by atoms with E-state index in [0.29, 0.717) is 19.0 Å². The van der Waals surface area contributed by atoms with Gasteiger partial charge >= 0.3 is 0 Å². The van der Waals surface area contributed by atoms with Gasteiger partial charge in [0.05, 0.1) is 16.1 Å². The van der Waals surface area contributed by atoms with Crippen LogP contribution in [-0.2, 0) is 17.9 Å². The summed E-state index contributed by atoms with van der Waals surface area (Å²) in [6, 6.07) is 5.06. The number of ether oxygens (including phenoxy) is 1. The number of imidazole rings is 1. The molecule has 0 fully saturated rings. The molecule has 0 aromatic carbocycles. The predicted octanol–water partition coefficient (Wildman–Crippen LogP) is 3.72. The summed E-state index contributed by atoms with van der Waals surface area (Å²) in [6.45, 7) is 8.11. The molecule has 1 unspecified atom stereocenters. The molecule has 0 spiro atoms. The van der Waals surface area contributed by atoms with Crippen molar-refractivity contribution in [3.05, 3.63) is 64.4 Å². The molecule has 144 valence electrons. The number of aliphatic hydroxyl groups is 1. The Bertz CT molecular complexity index is 831. The largest absolute Gasteiger partial charge is 0.379 e. The van der Waals surface area contributed by atoms with Gasteiger partial charge in [-0.3, -0.25) is 9.97 Å². The fourth-order valence-electron chi connectivity index (χ4n) is 2.63. The van der Waals surface area contributed by atoms with Crippen LogP contribution in [0, 0.1) is 0 Å². The van der Waals surface area contributed by atoms with Crippen LogP contribution in [0.25, 0.3) is 0 Å². The van der Waals surface area contributed by atoms with Crippen LogP contribution in [0.3, 0.4) is 0 Å². The number of pyridine rings is 1. The monoisotopic (exact) mass is 402 g/mol. The summed E-state index contributed by atoms with van der Waals surface area (Å²) in [5, 5.41) is 10.8. The van der Waals surface area contributed by atoms with Crippen molar-refractivity contribution >= 4 is 19.4 Å². The Morgan fingerprint density at radius 2 is 2.00 bits per heavy atom. The molecule has 0 bridgehead atoms. The average molecular weight is 403 g/mol. The predicted molar refractivity (Wildman–Crippen MR) is 110 cm³/mol. The third-order valence-corrected chi connectivity index (χ3v) is 6.72. The van der Waals surface area contributed by atoms with Gasteiger partial charge in [0.15, 0.2) is 0 Å². The van der Waals surface area contributed by atoms with Crippen LogP contribution in [0.2, 0.25) is 25.7 Å². The Labute approximate surface area is 164 Å². The molecule has 3 heterocycles. The van der Waals surface area contributed by atoms with E-state index in [0.717, 1.165) is 28.8 Å². The molecule has 0 saturated carbocycles. The van der Waals surface area contributed by atoms with E-state index in [9.17, 15) is 5.11 Å². The van der Waals surface area contributed by atoms with Crippen LogP contribution < -0.4 is 0 Å². The molecule has 3 aromatic rings. The Kier molecular flexibility index (Phi) is 6.54. The number of nitrogens with zero attached hydrogens (tertiary/aromatic N) is 4.